The summed E-state index contributed by atoms with van der Waals surface area (Å²) >= 11 is 1.22. The Bertz CT molecular complexity index is 1620. The number of primary amides is 1. The summed E-state index contributed by atoms with van der Waals surface area (Å²) in [6, 6.07) is 3.59. The third-order valence-electron chi connectivity index (χ3n) is 6.19. The van der Waals surface area contributed by atoms with Crippen molar-refractivity contribution in [2.24, 2.45) is 5.73 Å². The second-order valence-corrected chi connectivity index (χ2v) is 12.5. The molecule has 0 unspecified atom stereocenters. The summed E-state index contributed by atoms with van der Waals surface area (Å²) in [7, 11) is -3.52. The number of aliphatic carboxylic acids is 1. The number of benzene rings is 1. The van der Waals surface area contributed by atoms with Gasteiger partial charge in [0.05, 0.1) is 27.3 Å². The Kier molecular flexibility index (Phi) is 10.2. The van der Waals surface area contributed by atoms with Crippen molar-refractivity contribution in [3.05, 3.63) is 42.1 Å². The summed E-state index contributed by atoms with van der Waals surface area (Å²) in [6.45, 7) is 3.81. The molecule has 1 fully saturated rings. The number of aliphatic hydroxyl groups excluding tert-OH is 1. The van der Waals surface area contributed by atoms with Gasteiger partial charge in [0.2, 0.25) is 5.91 Å². The van der Waals surface area contributed by atoms with Crippen LogP contribution in [0.4, 0.5) is 23.1 Å². The molecule has 3 heterocycles. The minimum absolute atomic E-state index is 0.00202. The number of hydrogen-bond acceptors (Lipinski definition) is 9. The van der Waals surface area contributed by atoms with Crippen LogP contribution in [0.2, 0.25) is 0 Å². The highest BCUT2D eigenvalue weighted by Gasteiger charge is 2.39. The lowest BCUT2D eigenvalue weighted by Gasteiger charge is -2.21. The number of rotatable bonds is 7. The summed E-state index contributed by atoms with van der Waals surface area (Å²) in [4.78, 5) is 44.3. The second kappa shape index (κ2) is 13.1. The number of alkyl halides is 3. The first-order valence-electron chi connectivity index (χ1n) is 12.6. The first kappa shape index (κ1) is 33.5. The van der Waals surface area contributed by atoms with E-state index in [0.29, 0.717) is 22.9 Å². The number of nitrogens with one attached hydrogen (secondary N) is 1. The summed E-state index contributed by atoms with van der Waals surface area (Å²) in [5.41, 5.74) is 7.24. The molecule has 2 atom stereocenters. The van der Waals surface area contributed by atoms with E-state index in [1.54, 1.807) is 42.1 Å². The molecule has 43 heavy (non-hydrogen) atoms. The number of halogens is 3. The smallest absolute Gasteiger partial charge is 0.475 e. The zero-order chi connectivity index (χ0) is 32.3. The number of aliphatic hydroxyl groups is 1. The first-order chi connectivity index (χ1) is 19.9. The Balaban J connectivity index is 0.000000646. The molecule has 5 N–H and O–H groups in total. The minimum Gasteiger partial charge on any atom is -0.475 e. The number of carboxylic acid groups (broad SMARTS) is 1. The Hall–Kier alpha value is -4.03. The van der Waals surface area contributed by atoms with Crippen molar-refractivity contribution in [1.29, 1.82) is 0 Å². The van der Waals surface area contributed by atoms with Crippen molar-refractivity contribution in [1.82, 2.24) is 19.4 Å². The van der Waals surface area contributed by atoms with E-state index in [1.165, 1.54) is 22.5 Å². The van der Waals surface area contributed by atoms with Crippen molar-refractivity contribution < 1.29 is 46.2 Å². The fourth-order valence-corrected chi connectivity index (χ4v) is 6.12. The van der Waals surface area contributed by atoms with Crippen molar-refractivity contribution in [3.63, 3.8) is 0 Å². The maximum atomic E-state index is 12.8. The largest absolute Gasteiger partial charge is 0.490 e. The highest BCUT2D eigenvalue weighted by Crippen LogP contribution is 2.36. The molecule has 18 heteroatoms. The zero-order valence-electron chi connectivity index (χ0n) is 23.1. The average molecular weight is 647 g/mol. The summed E-state index contributed by atoms with van der Waals surface area (Å²) < 4.78 is 58.6. The number of aromatic nitrogens is 3. The van der Waals surface area contributed by atoms with Gasteiger partial charge in [-0.2, -0.15) is 13.2 Å². The molecule has 2 aromatic heterocycles. The van der Waals surface area contributed by atoms with Crippen LogP contribution in [-0.4, -0.2) is 87.1 Å². The van der Waals surface area contributed by atoms with Gasteiger partial charge in [-0.15, -0.1) is 0 Å². The van der Waals surface area contributed by atoms with Crippen LogP contribution in [0, 0.1) is 6.92 Å². The van der Waals surface area contributed by atoms with Gasteiger partial charge in [-0.3, -0.25) is 10.1 Å². The number of anilines is 1. The second-order valence-electron chi connectivity index (χ2n) is 9.54. The maximum Gasteiger partial charge on any atom is 0.490 e. The standard InChI is InChI=1S/C23H28N6O5S2.C2HF3O2/c1-4-5-19-25-8-9-28(19)16-10-14(6-7-18(16)36(3,33)34)20-13(2)26-22(35-20)27-23(32)29-12-15(30)11-17(29)21(24)31;3-2(4,5)1(6)7/h6-10,15,17,30H,4-5,11-12H2,1-3H3,(H2,24,31)(H,26,27,32);(H,6,7)/t15-,17+;/m1./s1. The van der Waals surface area contributed by atoms with Crippen LogP contribution in [-0.2, 0) is 25.8 Å². The number of nitrogens with two attached hydrogens (primary N) is 1. The number of carbonyl (C=O) groups excluding carboxylic acids is 2. The van der Waals surface area contributed by atoms with E-state index < -0.39 is 46.1 Å². The van der Waals surface area contributed by atoms with Crippen LogP contribution in [0.25, 0.3) is 16.1 Å². The monoisotopic (exact) mass is 646 g/mol. The predicted octanol–water partition coefficient (Wildman–Crippen LogP) is 2.75. The van der Waals surface area contributed by atoms with Crippen LogP contribution in [0.5, 0.6) is 0 Å². The van der Waals surface area contributed by atoms with Gasteiger partial charge in [0.1, 0.15) is 11.9 Å². The number of amides is 3. The molecule has 1 saturated heterocycles. The highest BCUT2D eigenvalue weighted by molar-refractivity contribution is 7.90. The Morgan fingerprint density at radius 3 is 2.47 bits per heavy atom. The Morgan fingerprint density at radius 2 is 1.91 bits per heavy atom. The van der Waals surface area contributed by atoms with Gasteiger partial charge in [-0.05, 0) is 31.0 Å². The van der Waals surface area contributed by atoms with Gasteiger partial charge >= 0.3 is 18.2 Å². The van der Waals surface area contributed by atoms with Crippen LogP contribution in [0.15, 0.2) is 35.5 Å². The van der Waals surface area contributed by atoms with E-state index in [9.17, 15) is 36.3 Å². The van der Waals surface area contributed by atoms with E-state index in [1.807, 2.05) is 6.92 Å². The topological polar surface area (TPSA) is 198 Å². The molecule has 3 amide bonds. The number of carboxylic acids is 1. The number of nitrogens with zero attached hydrogens (tertiary/aromatic N) is 4. The SMILES string of the molecule is CCCc1nccn1-c1cc(-c2sc(NC(=O)N3C[C@H](O)C[C@H]3C(N)=O)nc2C)ccc1S(C)(=O)=O.O=C(O)C(F)(F)F. The number of sulfone groups is 1. The van der Waals surface area contributed by atoms with Gasteiger partial charge in [0, 0.05) is 38.0 Å². The number of aryl methyl sites for hydroxylation is 2. The lowest BCUT2D eigenvalue weighted by Crippen LogP contribution is -2.45. The quantitative estimate of drug-likeness (QED) is 0.298. The fourth-order valence-electron chi connectivity index (χ4n) is 4.31. The maximum absolute atomic E-state index is 12.8. The number of hydrogen-bond donors (Lipinski definition) is 4. The summed E-state index contributed by atoms with van der Waals surface area (Å²) in [6.07, 6.45) is 0.277. The van der Waals surface area contributed by atoms with E-state index in [2.05, 4.69) is 15.3 Å². The third kappa shape index (κ3) is 8.08. The molecule has 0 bridgehead atoms. The van der Waals surface area contributed by atoms with E-state index in [-0.39, 0.29) is 17.9 Å². The molecule has 1 aliphatic heterocycles. The predicted molar refractivity (Wildman–Crippen MR) is 150 cm³/mol. The van der Waals surface area contributed by atoms with Gasteiger partial charge in [0.15, 0.2) is 15.0 Å². The van der Waals surface area contributed by atoms with Crippen LogP contribution < -0.4 is 11.1 Å². The van der Waals surface area contributed by atoms with Gasteiger partial charge in [-0.1, -0.05) is 24.3 Å². The Labute approximate surface area is 248 Å². The van der Waals surface area contributed by atoms with Crippen LogP contribution >= 0.6 is 11.3 Å². The van der Waals surface area contributed by atoms with Crippen molar-refractivity contribution in [3.8, 4) is 16.1 Å². The number of thiazole rings is 1. The number of imidazole rings is 1. The summed E-state index contributed by atoms with van der Waals surface area (Å²) in [5.74, 6) is -2.68. The van der Waals surface area contributed by atoms with Crippen molar-refractivity contribution in [2.45, 2.75) is 56.3 Å². The molecule has 234 valence electrons. The molecule has 13 nitrogen and oxygen atoms in total. The molecule has 1 aromatic carbocycles. The lowest BCUT2D eigenvalue weighted by molar-refractivity contribution is -0.192. The zero-order valence-corrected chi connectivity index (χ0v) is 24.8. The van der Waals surface area contributed by atoms with E-state index in [4.69, 9.17) is 15.6 Å². The van der Waals surface area contributed by atoms with Gasteiger partial charge in [0.25, 0.3) is 0 Å². The molecule has 0 radical (unpaired) electrons. The Morgan fingerprint density at radius 1 is 1.26 bits per heavy atom. The average Bonchev–Trinajstić information content (AvgIpc) is 3.61. The molecule has 4 rings (SSSR count). The minimum atomic E-state index is -5.08. The van der Waals surface area contributed by atoms with Crippen molar-refractivity contribution >= 4 is 44.2 Å². The first-order valence-corrected chi connectivity index (χ1v) is 15.3. The third-order valence-corrected chi connectivity index (χ3v) is 8.46. The number of likely N-dealkylation sites (tertiary alicyclic amines) is 1. The van der Waals surface area contributed by atoms with Crippen LogP contribution in [0.3, 0.4) is 0 Å². The molecule has 0 aliphatic carbocycles. The number of β-amino-alcohol motifs (C(OH)–C–C–N with tert-alkyl or cyclic N) is 1. The number of carbonyl (C=O) groups is 3. The number of urea groups is 1. The normalized spacial score (nSPS) is 16.9. The lowest BCUT2D eigenvalue weighted by atomic mass is 10.1. The van der Waals surface area contributed by atoms with Crippen molar-refractivity contribution in [2.75, 3.05) is 18.1 Å². The van der Waals surface area contributed by atoms with Crippen LogP contribution in [0.1, 0.15) is 31.3 Å². The molecular weight excluding hydrogens is 617 g/mol. The molecular formula is C25H29F3N6O7S2. The molecule has 3 aromatic rings. The van der Waals surface area contributed by atoms with E-state index in [0.717, 1.165) is 22.7 Å². The van der Waals surface area contributed by atoms with Gasteiger partial charge in [-0.25, -0.2) is 28.0 Å². The molecule has 0 spiro atoms. The summed E-state index contributed by atoms with van der Waals surface area (Å²) in [5, 5.41) is 20.0. The molecule has 0 saturated carbocycles. The highest BCUT2D eigenvalue weighted by atomic mass is 32.2. The van der Waals surface area contributed by atoms with Gasteiger partial charge < -0.3 is 25.4 Å². The van der Waals surface area contributed by atoms with E-state index >= 15 is 0 Å². The fraction of sp³-hybridized carbons (Fsp3) is 0.400. The molecule has 1 aliphatic rings.